The molecule has 52 valence electrons. The molecule has 0 unspecified atom stereocenters. The van der Waals surface area contributed by atoms with Crippen LogP contribution in [0.1, 0.15) is 0 Å². The lowest BCUT2D eigenvalue weighted by Gasteiger charge is -1.96. The molecule has 0 bridgehead atoms. The van der Waals surface area contributed by atoms with Gasteiger partial charge in [0.05, 0.1) is 10.0 Å². The Morgan fingerprint density at radius 2 is 2.00 bits per heavy atom. The molecule has 0 amide bonds. The van der Waals surface area contributed by atoms with Crippen LogP contribution in [0.3, 0.4) is 0 Å². The van der Waals surface area contributed by atoms with Crippen LogP contribution < -0.4 is 5.30 Å². The highest BCUT2D eigenvalue weighted by molar-refractivity contribution is 7.99. The first-order valence-electron chi connectivity index (χ1n) is 2.53. The minimum absolute atomic E-state index is 0.566. The second kappa shape index (κ2) is 3.64. The van der Waals surface area contributed by atoms with Gasteiger partial charge in [-0.2, -0.15) is 0 Å². The van der Waals surface area contributed by atoms with Gasteiger partial charge in [-0.25, -0.2) is 0 Å². The van der Waals surface area contributed by atoms with Crippen LogP contribution in [0.5, 0.6) is 0 Å². The van der Waals surface area contributed by atoms with Crippen molar-refractivity contribution in [1.29, 1.82) is 0 Å². The minimum atomic E-state index is 0.566. The zero-order valence-corrected chi connectivity index (χ0v) is 8.07. The van der Waals surface area contributed by atoms with Gasteiger partial charge in [-0.1, -0.05) is 41.1 Å². The van der Waals surface area contributed by atoms with Gasteiger partial charge >= 0.3 is 0 Å². The Labute approximate surface area is 76.0 Å². The Kier molecular flexibility index (Phi) is 3.06. The van der Waals surface area contributed by atoms with E-state index in [1.165, 1.54) is 0 Å². The molecule has 10 heavy (non-hydrogen) atoms. The predicted molar refractivity (Wildman–Crippen MR) is 50.4 cm³/mol. The Bertz CT molecular complexity index is 262. The maximum atomic E-state index is 5.79. The third-order valence-corrected chi connectivity index (χ3v) is 3.14. The number of benzene rings is 1. The average molecular weight is 209 g/mol. The molecule has 0 saturated heterocycles. The lowest BCUT2D eigenvalue weighted by molar-refractivity contribution is 1.77. The van der Waals surface area contributed by atoms with E-state index in [1.807, 2.05) is 12.1 Å². The summed E-state index contributed by atoms with van der Waals surface area (Å²) in [6.07, 6.45) is 0. The maximum Gasteiger partial charge on any atom is 0.0718 e. The Morgan fingerprint density at radius 3 is 2.50 bits per heavy atom. The number of halogens is 2. The summed E-state index contributed by atoms with van der Waals surface area (Å²) >= 11 is 16.3. The van der Waals surface area contributed by atoms with Crippen molar-refractivity contribution in [2.75, 3.05) is 0 Å². The molecule has 0 radical (unpaired) electrons. The van der Waals surface area contributed by atoms with Crippen molar-refractivity contribution in [3.05, 3.63) is 28.2 Å². The van der Waals surface area contributed by atoms with E-state index < -0.39 is 0 Å². The first kappa shape index (κ1) is 8.42. The Balaban J connectivity index is 3.27. The van der Waals surface area contributed by atoms with Crippen LogP contribution in [0.15, 0.2) is 18.2 Å². The van der Waals surface area contributed by atoms with Crippen molar-refractivity contribution in [2.45, 2.75) is 0 Å². The number of rotatable bonds is 1. The summed E-state index contributed by atoms with van der Waals surface area (Å²) < 4.78 is 0. The van der Waals surface area contributed by atoms with Gasteiger partial charge in [0, 0.05) is 12.7 Å². The van der Waals surface area contributed by atoms with Crippen molar-refractivity contribution < 1.29 is 0 Å². The molecule has 0 aromatic heterocycles. The maximum absolute atomic E-state index is 5.79. The van der Waals surface area contributed by atoms with Gasteiger partial charge in [0.2, 0.25) is 0 Å². The molecule has 0 aliphatic rings. The Morgan fingerprint density at radius 1 is 1.30 bits per heavy atom. The van der Waals surface area contributed by atoms with E-state index >= 15 is 0 Å². The molecule has 4 heteroatoms. The first-order chi connectivity index (χ1) is 4.75. The highest BCUT2D eigenvalue weighted by Gasteiger charge is 1.99. The zero-order valence-electron chi connectivity index (χ0n) is 4.84. The Hall–Kier alpha value is 0.320. The summed E-state index contributed by atoms with van der Waals surface area (Å²) in [7, 11) is 0.734. The van der Waals surface area contributed by atoms with E-state index in [-0.39, 0.29) is 0 Å². The van der Waals surface area contributed by atoms with Gasteiger partial charge in [-0.05, 0) is 12.1 Å². The quantitative estimate of drug-likeness (QED) is 0.640. The SMILES string of the molecule is S=Pc1cccc(Cl)c1Cl. The summed E-state index contributed by atoms with van der Waals surface area (Å²) in [5.74, 6) is 0. The molecule has 1 aromatic rings. The second-order valence-electron chi connectivity index (χ2n) is 1.66. The molecule has 0 saturated carbocycles. The largest absolute Gasteiger partial charge is 0.0827 e. The van der Waals surface area contributed by atoms with Crippen molar-refractivity contribution in [2.24, 2.45) is 0 Å². The predicted octanol–water partition coefficient (Wildman–Crippen LogP) is 3.03. The van der Waals surface area contributed by atoms with E-state index in [0.717, 1.165) is 12.7 Å². The average Bonchev–Trinajstić information content (AvgIpc) is 1.95. The first-order valence-corrected chi connectivity index (χ1v) is 5.19. The van der Waals surface area contributed by atoms with E-state index in [1.54, 1.807) is 6.07 Å². The minimum Gasteiger partial charge on any atom is -0.0827 e. The van der Waals surface area contributed by atoms with Gasteiger partial charge in [-0.15, -0.1) is 0 Å². The molecular formula is C6H3Cl2PS. The van der Waals surface area contributed by atoms with Crippen LogP contribution in [0.4, 0.5) is 0 Å². The van der Waals surface area contributed by atoms with E-state index in [4.69, 9.17) is 35.0 Å². The molecule has 1 aromatic carbocycles. The molecule has 0 spiro atoms. The van der Waals surface area contributed by atoms with Crippen LogP contribution in [-0.2, 0) is 11.8 Å². The molecular weight excluding hydrogens is 206 g/mol. The highest BCUT2D eigenvalue weighted by atomic mass is 35.5. The highest BCUT2D eigenvalue weighted by Crippen LogP contribution is 2.21. The van der Waals surface area contributed by atoms with Crippen molar-refractivity contribution in [3.8, 4) is 0 Å². The molecule has 0 heterocycles. The van der Waals surface area contributed by atoms with Gasteiger partial charge < -0.3 is 0 Å². The monoisotopic (exact) mass is 208 g/mol. The van der Waals surface area contributed by atoms with Crippen molar-refractivity contribution >= 4 is 47.7 Å². The topological polar surface area (TPSA) is 0 Å². The fourth-order valence-corrected chi connectivity index (χ4v) is 2.01. The van der Waals surface area contributed by atoms with Crippen LogP contribution in [0, 0.1) is 0 Å². The molecule has 0 N–H and O–H groups in total. The third kappa shape index (κ3) is 1.67. The second-order valence-corrected chi connectivity index (χ2v) is 3.66. The molecule has 1 rings (SSSR count). The fourth-order valence-electron chi connectivity index (χ4n) is 0.563. The normalized spacial score (nSPS) is 10.2. The molecule has 0 fully saturated rings. The van der Waals surface area contributed by atoms with Gasteiger partial charge in [-0.3, -0.25) is 0 Å². The lowest BCUT2D eigenvalue weighted by atomic mass is 10.4. The summed E-state index contributed by atoms with van der Waals surface area (Å²) in [5.41, 5.74) is 0. The standard InChI is InChI=1S/C6H3Cl2PS/c7-4-2-1-3-5(9-10)6(4)8/h1-3H. The summed E-state index contributed by atoms with van der Waals surface area (Å²) in [4.78, 5) is 0. The number of hydrogen-bond acceptors (Lipinski definition) is 1. The van der Waals surface area contributed by atoms with Crippen LogP contribution in [0.2, 0.25) is 10.0 Å². The smallest absolute Gasteiger partial charge is 0.0718 e. The summed E-state index contributed by atoms with van der Waals surface area (Å²) in [5, 5.41) is 2.03. The van der Waals surface area contributed by atoms with Crippen LogP contribution in [0.25, 0.3) is 0 Å². The van der Waals surface area contributed by atoms with Gasteiger partial charge in [0.15, 0.2) is 0 Å². The molecule has 0 aliphatic carbocycles. The van der Waals surface area contributed by atoms with Gasteiger partial charge in [0.25, 0.3) is 0 Å². The van der Waals surface area contributed by atoms with E-state index in [9.17, 15) is 0 Å². The lowest BCUT2D eigenvalue weighted by Crippen LogP contribution is -1.91. The van der Waals surface area contributed by atoms with Crippen molar-refractivity contribution in [1.82, 2.24) is 0 Å². The van der Waals surface area contributed by atoms with E-state index in [0.29, 0.717) is 10.0 Å². The molecule has 0 atom stereocenters. The molecule has 0 aliphatic heterocycles. The van der Waals surface area contributed by atoms with Crippen molar-refractivity contribution in [3.63, 3.8) is 0 Å². The molecule has 0 nitrogen and oxygen atoms in total. The van der Waals surface area contributed by atoms with Crippen LogP contribution >= 0.6 is 30.6 Å². The summed E-state index contributed by atoms with van der Waals surface area (Å²) in [6.45, 7) is 0. The van der Waals surface area contributed by atoms with E-state index in [2.05, 4.69) is 0 Å². The summed E-state index contributed by atoms with van der Waals surface area (Å²) in [6, 6.07) is 5.44. The third-order valence-electron chi connectivity index (χ3n) is 1.03. The zero-order chi connectivity index (χ0) is 7.56. The number of hydrogen-bond donors (Lipinski definition) is 0. The van der Waals surface area contributed by atoms with Crippen LogP contribution in [-0.4, -0.2) is 0 Å². The van der Waals surface area contributed by atoms with Gasteiger partial charge in [0.1, 0.15) is 0 Å². The fraction of sp³-hybridized carbons (Fsp3) is 0.